The number of thioether (sulfide) groups is 1. The Morgan fingerprint density at radius 1 is 0.440 bits per heavy atom. The first-order valence-corrected chi connectivity index (χ1v) is 39.3. The van der Waals surface area contributed by atoms with Crippen molar-refractivity contribution in [1.82, 2.24) is 24.9 Å². The molecule has 0 bridgehead atoms. The first-order chi connectivity index (χ1) is 59.8. The number of aromatic nitrogens is 5. The van der Waals surface area contributed by atoms with Crippen LogP contribution in [0, 0.1) is 34.6 Å². The second kappa shape index (κ2) is 58.5. The third kappa shape index (κ3) is 46.1. The second-order valence-corrected chi connectivity index (χ2v) is 27.4. The van der Waals surface area contributed by atoms with Gasteiger partial charge in [0.25, 0.3) is 0 Å². The largest absolute Gasteiger partial charge is 0.482 e. The van der Waals surface area contributed by atoms with Gasteiger partial charge in [0.05, 0.1) is 5.75 Å². The highest BCUT2D eigenvalue weighted by molar-refractivity contribution is 8.00. The number of hydrogen-bond acceptors (Lipinski definition) is 25. The summed E-state index contributed by atoms with van der Waals surface area (Å²) in [6.07, 6.45) is 14.0. The van der Waals surface area contributed by atoms with E-state index < -0.39 is 65.7 Å². The van der Waals surface area contributed by atoms with Gasteiger partial charge in [-0.3, -0.25) is 38.9 Å². The molecular formula is C90H101N11O23S. The van der Waals surface area contributed by atoms with Crippen molar-refractivity contribution in [2.45, 2.75) is 83.7 Å². The van der Waals surface area contributed by atoms with Crippen LogP contribution in [0.15, 0.2) is 254 Å². The summed E-state index contributed by atoms with van der Waals surface area (Å²) in [5.41, 5.74) is 10.2. The van der Waals surface area contributed by atoms with Crippen LogP contribution < -0.4 is 45.7 Å². The number of fused-ring (bicyclic) bond motifs is 2. The van der Waals surface area contributed by atoms with Gasteiger partial charge in [-0.2, -0.15) is 0 Å². The topological polar surface area (TPSA) is 529 Å². The van der Waals surface area contributed by atoms with Crippen molar-refractivity contribution in [3.63, 3.8) is 0 Å². The Kier molecular flexibility index (Phi) is 47.7. The van der Waals surface area contributed by atoms with Gasteiger partial charge >= 0.3 is 59.7 Å². The molecule has 35 heteroatoms. The molecule has 15 N–H and O–H groups in total. The van der Waals surface area contributed by atoms with E-state index in [2.05, 4.69) is 51.5 Å². The molecule has 0 spiro atoms. The fourth-order valence-electron chi connectivity index (χ4n) is 10.7. The number of carboxylic acids is 10. The lowest BCUT2D eigenvalue weighted by Gasteiger charge is -2.34. The van der Waals surface area contributed by atoms with Gasteiger partial charge in [-0.15, -0.1) is 11.8 Å². The van der Waals surface area contributed by atoms with Crippen molar-refractivity contribution in [2.24, 2.45) is 0 Å². The molecule has 6 aromatic carbocycles. The normalized spacial score (nSPS) is 12.0. The molecule has 0 radical (unpaired) electrons. The summed E-state index contributed by atoms with van der Waals surface area (Å²) in [5, 5.41) is 101. The van der Waals surface area contributed by atoms with Crippen LogP contribution in [0.25, 0.3) is 10.8 Å². The quantitative estimate of drug-likeness (QED) is 0.0213. The van der Waals surface area contributed by atoms with Gasteiger partial charge in [0.15, 0.2) is 19.8 Å². The molecule has 34 nitrogen and oxygen atoms in total. The summed E-state index contributed by atoms with van der Waals surface area (Å²) in [6.45, 7) is 9.02. The average Bonchev–Trinajstić information content (AvgIpc) is 0.845. The molecule has 7 heterocycles. The summed E-state index contributed by atoms with van der Waals surface area (Å²) in [7, 11) is 0. The first-order valence-electron chi connectivity index (χ1n) is 38.4. The van der Waals surface area contributed by atoms with Crippen LogP contribution in [0.4, 0.5) is 34.3 Å². The molecule has 660 valence electrons. The van der Waals surface area contributed by atoms with E-state index in [-0.39, 0.29) is 57.8 Å². The number of para-hydroxylation sites is 3. The Hall–Kier alpha value is -15.4. The number of piperidine rings is 1. The summed E-state index contributed by atoms with van der Waals surface area (Å²) in [4.78, 5) is 126. The van der Waals surface area contributed by atoms with E-state index in [1.807, 2.05) is 179 Å². The lowest BCUT2D eigenvalue weighted by Crippen LogP contribution is -2.44. The third-order valence-electron chi connectivity index (χ3n) is 16.2. The number of carboxylic acid groups (broad SMARTS) is 10. The predicted octanol–water partition coefficient (Wildman–Crippen LogP) is 13.3. The van der Waals surface area contributed by atoms with E-state index >= 15 is 0 Å². The lowest BCUT2D eigenvalue weighted by atomic mass is 9.98. The molecule has 5 aromatic heterocycles. The van der Waals surface area contributed by atoms with Gasteiger partial charge in [-0.25, -0.2) is 33.9 Å². The summed E-state index contributed by atoms with van der Waals surface area (Å²) >= 11 is 1.34. The smallest absolute Gasteiger partial charge is 0.341 e. The Morgan fingerprint density at radius 2 is 0.960 bits per heavy atom. The second-order valence-electron chi connectivity index (χ2n) is 26.4. The van der Waals surface area contributed by atoms with E-state index in [1.54, 1.807) is 104 Å². The fourth-order valence-corrected chi connectivity index (χ4v) is 11.3. The highest BCUT2D eigenvalue weighted by Crippen LogP contribution is 2.27. The number of nitrogens with zero attached hydrogens (tertiary/aromatic N) is 6. The summed E-state index contributed by atoms with van der Waals surface area (Å²) < 4.78 is 14.7. The molecule has 2 unspecified atom stereocenters. The molecule has 1 fully saturated rings. The number of carbonyl (C=O) groups is 10. The average molecular weight is 1740 g/mol. The molecule has 2 aliphatic rings. The van der Waals surface area contributed by atoms with Gasteiger partial charge in [0, 0.05) is 106 Å². The molecule has 125 heavy (non-hydrogen) atoms. The zero-order valence-electron chi connectivity index (χ0n) is 69.1. The van der Waals surface area contributed by atoms with Gasteiger partial charge < -0.3 is 96.8 Å². The van der Waals surface area contributed by atoms with Gasteiger partial charge in [-0.1, -0.05) is 115 Å². The minimum absolute atomic E-state index is 0.0572. The van der Waals surface area contributed by atoms with Gasteiger partial charge in [0.2, 0.25) is 5.88 Å². The van der Waals surface area contributed by atoms with E-state index in [9.17, 15) is 47.9 Å². The standard InChI is InChI=1S/C12H15NO2.C12H11NO2.C10H11NO2.C9H12N2O2.C9H11NO3.C9H10O2S.C8H8O3.2C7H8N2O2.C7H7NO3/c14-12(15)11-8-4-5-9-13(11)10-6-2-1-3-7-10;14-12(15)8-13-11-6-5-9-3-1-2-4-10(9)7-11;12-10(13)9-6-5-7-3-1-2-4-8(7)11-9;1-6-3-8(4-7(2)11-6)10-5-9(12)13;1-6-3-10-4-7(2)9(6)13-5-8(11)12;1-7-2-4-8(5-3-7)12-6-9(10)11;9-8(10)6-11-7-4-2-1-3-5-7;10-7(11)5-9-6-1-3-8-4-2-6;10-7(11)5-9-6-3-1-2-4-8-6;9-7(10)5-11-6-3-1-2-4-8-6/h1-3,6-7,11H,4-5,8-9H2,(H,14,15);1-7,13H,8H2,(H,14,15);1-4,9,11H,5-6H2,(H,12,13);3-4H,5H2,1-2H3,(H,10,11)(H,12,13);3-4H,5H2,1-2H3,(H,11,12);2-5H,6H2,1H3,(H,10,11);1-5H,6H2,(H,9,10);2*1-4H,5H2,(H,8,9)(H,10,11);1-4H,5H2,(H,9,10). The number of benzene rings is 6. The molecule has 1 saturated heterocycles. The number of hydrogen-bond donors (Lipinski definition) is 15. The van der Waals surface area contributed by atoms with Crippen LogP contribution in [-0.2, 0) is 54.4 Å². The van der Waals surface area contributed by atoms with Crippen molar-refractivity contribution >= 4 is 116 Å². The number of pyridine rings is 5. The number of rotatable bonds is 27. The molecule has 0 amide bonds. The molecule has 0 aliphatic carbocycles. The Labute approximate surface area is 725 Å². The van der Waals surface area contributed by atoms with E-state index in [4.69, 9.17) is 65.3 Å². The Morgan fingerprint density at radius 3 is 1.51 bits per heavy atom. The van der Waals surface area contributed by atoms with Crippen molar-refractivity contribution in [2.75, 3.05) is 89.8 Å². The number of ether oxygens (including phenoxy) is 3. The van der Waals surface area contributed by atoms with Crippen molar-refractivity contribution in [1.29, 1.82) is 0 Å². The molecule has 0 saturated carbocycles. The van der Waals surface area contributed by atoms with Crippen LogP contribution in [0.5, 0.6) is 17.4 Å². The lowest BCUT2D eigenvalue weighted by molar-refractivity contribution is -0.140. The number of nitrogens with one attached hydrogen (secondary N) is 5. The fraction of sp³-hybridized carbons (Fsp3) is 0.233. The summed E-state index contributed by atoms with van der Waals surface area (Å²) in [6, 6.07) is 64.7. The van der Waals surface area contributed by atoms with Crippen LogP contribution in [0.2, 0.25) is 0 Å². The van der Waals surface area contributed by atoms with Crippen LogP contribution >= 0.6 is 11.8 Å². The van der Waals surface area contributed by atoms with Crippen LogP contribution in [-0.4, -0.2) is 206 Å². The zero-order valence-corrected chi connectivity index (χ0v) is 69.9. The van der Waals surface area contributed by atoms with Crippen LogP contribution in [0.1, 0.15) is 59.3 Å². The number of aliphatic carboxylic acids is 10. The predicted molar refractivity (Wildman–Crippen MR) is 473 cm³/mol. The van der Waals surface area contributed by atoms with E-state index in [0.29, 0.717) is 29.6 Å². The van der Waals surface area contributed by atoms with Crippen molar-refractivity contribution in [3.8, 4) is 17.4 Å². The third-order valence-corrected chi connectivity index (χ3v) is 17.2. The Bertz CT molecular complexity index is 4860. The highest BCUT2D eigenvalue weighted by atomic mass is 32.2. The maximum atomic E-state index is 11.1. The molecule has 2 aliphatic heterocycles. The van der Waals surface area contributed by atoms with Gasteiger partial charge in [-0.05, 0) is 180 Å². The monoisotopic (exact) mass is 1740 g/mol. The number of anilines is 6. The molecule has 11 aromatic rings. The van der Waals surface area contributed by atoms with Crippen molar-refractivity contribution < 1.29 is 113 Å². The van der Waals surface area contributed by atoms with Crippen molar-refractivity contribution in [3.05, 3.63) is 283 Å². The zero-order chi connectivity index (χ0) is 91.7. The molecule has 2 atom stereocenters. The van der Waals surface area contributed by atoms with E-state index in [1.165, 1.54) is 29.1 Å². The van der Waals surface area contributed by atoms with Crippen LogP contribution in [0.3, 0.4) is 0 Å². The first kappa shape index (κ1) is 102. The minimum Gasteiger partial charge on any atom is -0.482 e. The number of aryl methyl sites for hydroxylation is 6. The highest BCUT2D eigenvalue weighted by Gasteiger charge is 2.28. The maximum absolute atomic E-state index is 11.1. The maximum Gasteiger partial charge on any atom is 0.341 e. The molecular weight excluding hydrogens is 1640 g/mol. The Balaban J connectivity index is 0.000000292. The van der Waals surface area contributed by atoms with E-state index in [0.717, 1.165) is 98.8 Å². The summed E-state index contributed by atoms with van der Waals surface area (Å²) in [5.74, 6) is -6.47. The molecule has 13 rings (SSSR count). The SMILES string of the molecule is Cc1cc(NCC(=O)O)cc(C)n1.Cc1ccc(SCC(=O)O)cc1.Cc1cncc(C)c1OCC(=O)O.O=C(O)C1CCCCN1c1ccccc1.O=C(O)C1CCc2ccccc2N1.O=C(O)CNc1ccc2ccccc2c1.O=C(O)CNc1ccccn1.O=C(O)CNc1ccncc1.O=C(O)COc1ccccc1.O=C(O)COc1ccccn1. The minimum atomic E-state index is -1.00. The van der Waals surface area contributed by atoms with Gasteiger partial charge in [0.1, 0.15) is 55.6 Å².